The van der Waals surface area contributed by atoms with E-state index in [-0.39, 0.29) is 0 Å². The summed E-state index contributed by atoms with van der Waals surface area (Å²) in [5.41, 5.74) is 0. The van der Waals surface area contributed by atoms with Gasteiger partial charge < -0.3 is 0 Å². The van der Waals surface area contributed by atoms with Gasteiger partial charge in [0, 0.05) is 0 Å². The predicted octanol–water partition coefficient (Wildman–Crippen LogP) is 10.9. The Labute approximate surface area is 178 Å². The van der Waals surface area contributed by atoms with Crippen molar-refractivity contribution in [3.05, 3.63) is 0 Å². The summed E-state index contributed by atoms with van der Waals surface area (Å²) in [6.45, 7) is 6.95. The molecule has 0 unspecified atom stereocenters. The van der Waals surface area contributed by atoms with Crippen molar-refractivity contribution >= 4 is 18.7 Å². The van der Waals surface area contributed by atoms with Crippen LogP contribution in [0.1, 0.15) is 117 Å². The predicted molar refractivity (Wildman–Crippen MR) is 122 cm³/mol. The van der Waals surface area contributed by atoms with Gasteiger partial charge in [-0.2, -0.15) is 0 Å². The molecule has 0 N–H and O–H groups in total. The summed E-state index contributed by atoms with van der Waals surface area (Å²) in [6.07, 6.45) is 21.9. The van der Waals surface area contributed by atoms with Crippen LogP contribution in [0.3, 0.4) is 0 Å². The van der Waals surface area contributed by atoms with Gasteiger partial charge in [0.1, 0.15) is 17.3 Å². The maximum absolute atomic E-state index is 10.7. The first kappa shape index (κ1) is 31.5. The fraction of sp³-hybridized carbons (Fsp3) is 1.00. The van der Waals surface area contributed by atoms with Crippen molar-refractivity contribution in [2.45, 2.75) is 117 Å². The quantitative estimate of drug-likeness (QED) is 0.0802. The Morgan fingerprint density at radius 2 is 0.621 bits per heavy atom. The number of halogens is 6. The van der Waals surface area contributed by atoms with Crippen molar-refractivity contribution in [3.63, 3.8) is 0 Å². The summed E-state index contributed by atoms with van der Waals surface area (Å²) >= 11 is 0. The van der Waals surface area contributed by atoms with Gasteiger partial charge in [0.2, 0.25) is 0 Å². The molecule has 0 fully saturated rings. The summed E-state index contributed by atoms with van der Waals surface area (Å²) in [4.78, 5) is 0. The number of hydrogen-bond acceptors (Lipinski definition) is 0. The van der Waals surface area contributed by atoms with Crippen LogP contribution < -0.4 is 0 Å². The van der Waals surface area contributed by atoms with Crippen LogP contribution in [-0.2, 0) is 10.9 Å². The topological polar surface area (TPSA) is 0 Å². The summed E-state index contributed by atoms with van der Waals surface area (Å²) in [5.74, 6) is 4.64. The second-order valence-corrected chi connectivity index (χ2v) is 12.3. The Balaban J connectivity index is 0. The molecule has 0 bridgehead atoms. The summed E-state index contributed by atoms with van der Waals surface area (Å²) in [7, 11) is -9.90. The number of unbranched alkanes of at least 4 members (excludes halogenated alkanes) is 12. The zero-order chi connectivity index (χ0) is 22.7. The molecule has 0 aromatic rings. The zero-order valence-corrected chi connectivity index (χ0v) is 20.6. The van der Waals surface area contributed by atoms with Crippen molar-refractivity contribution < 1.29 is 25.2 Å². The standard InChI is InChI=1S/C21H45S.F6P/c1-4-7-10-13-16-19-22(20-17-14-11-8-5-2)21-18-15-12-9-6-3;1-7(2,3,4,5)6/h4-21H2,1-3H3;/q+1;-1. The SMILES string of the molecule is CCCCCCC[S+](CCCCCCC)CCCCCCC.F[P-](F)(F)(F)(F)F. The maximum atomic E-state index is 9.87. The molecular weight excluding hydrogens is 429 g/mol. The molecule has 0 aliphatic heterocycles. The van der Waals surface area contributed by atoms with Gasteiger partial charge in [-0.25, -0.2) is 0 Å². The van der Waals surface area contributed by atoms with Crippen molar-refractivity contribution in [1.82, 2.24) is 0 Å². The Morgan fingerprint density at radius 1 is 0.414 bits per heavy atom. The zero-order valence-electron chi connectivity index (χ0n) is 18.9. The Bertz CT molecular complexity index is 313. The van der Waals surface area contributed by atoms with Crippen molar-refractivity contribution in [2.24, 2.45) is 0 Å². The van der Waals surface area contributed by atoms with Gasteiger partial charge >= 0.3 is 33.0 Å². The van der Waals surface area contributed by atoms with Crippen molar-refractivity contribution in [3.8, 4) is 0 Å². The van der Waals surface area contributed by atoms with E-state index in [4.69, 9.17) is 0 Å². The van der Waals surface area contributed by atoms with Gasteiger partial charge in [-0.3, -0.25) is 0 Å². The van der Waals surface area contributed by atoms with E-state index in [9.17, 15) is 25.2 Å². The molecule has 29 heavy (non-hydrogen) atoms. The molecule has 0 aliphatic rings. The van der Waals surface area contributed by atoms with Crippen LogP contribution in [0, 0.1) is 0 Å². The van der Waals surface area contributed by atoms with Gasteiger partial charge in [-0.15, -0.1) is 0 Å². The van der Waals surface area contributed by atoms with Crippen LogP contribution in [0.15, 0.2) is 0 Å². The van der Waals surface area contributed by atoms with Gasteiger partial charge in [0.05, 0.1) is 0 Å². The minimum absolute atomic E-state index is 0.759. The normalized spacial score (nSPS) is 14.3. The van der Waals surface area contributed by atoms with Gasteiger partial charge in [0.15, 0.2) is 0 Å². The number of hydrogen-bond donors (Lipinski definition) is 0. The fourth-order valence-corrected chi connectivity index (χ4v) is 5.48. The van der Waals surface area contributed by atoms with E-state index in [1.807, 2.05) is 0 Å². The second kappa shape index (κ2) is 16.1. The van der Waals surface area contributed by atoms with Gasteiger partial charge in [0.25, 0.3) is 0 Å². The molecular formula is C21H45F6PS. The average molecular weight is 475 g/mol. The van der Waals surface area contributed by atoms with E-state index in [1.165, 1.54) is 96.3 Å². The molecule has 8 heteroatoms. The third-order valence-electron chi connectivity index (χ3n) is 4.61. The molecule has 0 rings (SSSR count). The van der Waals surface area contributed by atoms with E-state index in [0.717, 1.165) is 10.9 Å². The molecule has 182 valence electrons. The van der Waals surface area contributed by atoms with Crippen LogP contribution in [0.2, 0.25) is 0 Å². The van der Waals surface area contributed by atoms with Crippen molar-refractivity contribution in [2.75, 3.05) is 17.3 Å². The van der Waals surface area contributed by atoms with E-state index >= 15 is 0 Å². The van der Waals surface area contributed by atoms with Crippen LogP contribution in [-0.4, -0.2) is 17.3 Å². The first-order valence-electron chi connectivity index (χ1n) is 11.5. The molecule has 0 aromatic heterocycles. The van der Waals surface area contributed by atoms with Crippen molar-refractivity contribution in [1.29, 1.82) is 0 Å². The molecule has 0 atom stereocenters. The summed E-state index contributed by atoms with van der Waals surface area (Å²) < 4.78 is 59.2. The third kappa shape index (κ3) is 43.2. The fourth-order valence-electron chi connectivity index (χ4n) is 3.04. The molecule has 0 aromatic carbocycles. The summed E-state index contributed by atoms with van der Waals surface area (Å²) in [6, 6.07) is 0. The monoisotopic (exact) mass is 474 g/mol. The molecule has 0 heterocycles. The minimum atomic E-state index is -10.7. The van der Waals surface area contributed by atoms with E-state index in [2.05, 4.69) is 20.8 Å². The molecule has 0 amide bonds. The van der Waals surface area contributed by atoms with Crippen LogP contribution in [0.5, 0.6) is 0 Å². The van der Waals surface area contributed by atoms with E-state index in [1.54, 1.807) is 17.3 Å². The van der Waals surface area contributed by atoms with Crippen LogP contribution in [0.25, 0.3) is 0 Å². The van der Waals surface area contributed by atoms with E-state index < -0.39 is 7.81 Å². The molecule has 0 saturated carbocycles. The summed E-state index contributed by atoms with van der Waals surface area (Å²) in [5, 5.41) is 0. The first-order chi connectivity index (χ1) is 13.3. The third-order valence-corrected chi connectivity index (χ3v) is 7.21. The Hall–Kier alpha value is 0.360. The van der Waals surface area contributed by atoms with Gasteiger partial charge in [-0.1, -0.05) is 78.6 Å². The Kier molecular flexibility index (Phi) is 17.5. The average Bonchev–Trinajstić information content (AvgIpc) is 2.57. The molecule has 0 radical (unpaired) electrons. The van der Waals surface area contributed by atoms with E-state index in [0.29, 0.717) is 0 Å². The van der Waals surface area contributed by atoms with Gasteiger partial charge in [-0.05, 0) is 49.4 Å². The molecule has 0 saturated heterocycles. The Morgan fingerprint density at radius 3 is 0.828 bits per heavy atom. The molecule has 0 spiro atoms. The number of rotatable bonds is 18. The van der Waals surface area contributed by atoms with Crippen LogP contribution in [0.4, 0.5) is 25.2 Å². The molecule has 0 aliphatic carbocycles. The second-order valence-electron chi connectivity index (χ2n) is 7.93. The first-order valence-corrected chi connectivity index (χ1v) is 15.3. The van der Waals surface area contributed by atoms with Crippen LogP contribution >= 0.6 is 7.81 Å². The molecule has 0 nitrogen and oxygen atoms in total.